The fraction of sp³-hybridized carbons (Fsp3) is 0.304. The molecule has 0 aliphatic carbocycles. The second-order valence-corrected chi connectivity index (χ2v) is 7.69. The molecule has 5 nitrogen and oxygen atoms in total. The Hall–Kier alpha value is -2.90. The van der Waals surface area contributed by atoms with Crippen molar-refractivity contribution in [1.82, 2.24) is 14.8 Å². The summed E-state index contributed by atoms with van der Waals surface area (Å²) in [6, 6.07) is 13.9. The Morgan fingerprint density at radius 2 is 1.67 bits per heavy atom. The molecule has 3 aromatic rings. The molecule has 0 saturated carbocycles. The second kappa shape index (κ2) is 8.85. The maximum absolute atomic E-state index is 13.4. The highest BCUT2D eigenvalue weighted by Gasteiger charge is 2.18. The van der Waals surface area contributed by atoms with Gasteiger partial charge in [-0.1, -0.05) is 12.1 Å². The van der Waals surface area contributed by atoms with Crippen molar-refractivity contribution in [2.75, 3.05) is 31.5 Å². The van der Waals surface area contributed by atoms with Crippen LogP contribution in [0.2, 0.25) is 0 Å². The minimum Gasteiger partial charge on any atom is -0.326 e. The van der Waals surface area contributed by atoms with Gasteiger partial charge in [-0.15, -0.1) is 0 Å². The van der Waals surface area contributed by atoms with Crippen LogP contribution in [0.4, 0.5) is 14.5 Å². The van der Waals surface area contributed by atoms with Crippen LogP contribution in [0.5, 0.6) is 0 Å². The Morgan fingerprint density at radius 1 is 0.933 bits per heavy atom. The number of piperazine rings is 1. The maximum Gasteiger partial charge on any atom is 0.221 e. The minimum atomic E-state index is -0.808. The van der Waals surface area contributed by atoms with E-state index in [-0.39, 0.29) is 5.91 Å². The highest BCUT2D eigenvalue weighted by Crippen LogP contribution is 2.19. The monoisotopic (exact) mass is 410 g/mol. The Kier molecular flexibility index (Phi) is 6.01. The molecule has 0 bridgehead atoms. The molecule has 0 spiro atoms. The van der Waals surface area contributed by atoms with Crippen LogP contribution in [0.25, 0.3) is 10.9 Å². The third-order valence-corrected chi connectivity index (χ3v) is 5.31. The number of nitrogens with one attached hydrogen (secondary N) is 1. The van der Waals surface area contributed by atoms with E-state index in [9.17, 15) is 13.6 Å². The summed E-state index contributed by atoms with van der Waals surface area (Å²) in [5.74, 6) is -1.70. The van der Waals surface area contributed by atoms with Gasteiger partial charge in [-0.05, 0) is 42.0 Å². The smallest absolute Gasteiger partial charge is 0.221 e. The van der Waals surface area contributed by atoms with E-state index >= 15 is 0 Å². The van der Waals surface area contributed by atoms with Crippen LogP contribution >= 0.6 is 0 Å². The van der Waals surface area contributed by atoms with Crippen molar-refractivity contribution >= 4 is 22.5 Å². The van der Waals surface area contributed by atoms with E-state index in [0.29, 0.717) is 6.54 Å². The van der Waals surface area contributed by atoms with Crippen molar-refractivity contribution in [3.63, 3.8) is 0 Å². The van der Waals surface area contributed by atoms with Gasteiger partial charge >= 0.3 is 0 Å². The van der Waals surface area contributed by atoms with Crippen LogP contribution < -0.4 is 5.32 Å². The lowest BCUT2D eigenvalue weighted by molar-refractivity contribution is -0.114. The first-order valence-electron chi connectivity index (χ1n) is 10.0. The molecule has 1 aromatic heterocycles. The van der Waals surface area contributed by atoms with E-state index in [1.807, 2.05) is 30.3 Å². The first-order valence-corrected chi connectivity index (χ1v) is 10.0. The molecule has 1 aliphatic rings. The number of hydrogen-bond acceptors (Lipinski definition) is 4. The number of anilines is 1. The van der Waals surface area contributed by atoms with Crippen molar-refractivity contribution in [1.29, 1.82) is 0 Å². The van der Waals surface area contributed by atoms with Gasteiger partial charge in [0.15, 0.2) is 11.6 Å². The zero-order chi connectivity index (χ0) is 21.1. The highest BCUT2D eigenvalue weighted by molar-refractivity contribution is 5.92. The van der Waals surface area contributed by atoms with E-state index in [2.05, 4.69) is 15.1 Å². The standard InChI is InChI=1S/C23H24F2N4O/c1-16(30)26-19-5-7-23-18(13-19)3-4-20(27-23)15-29-10-8-28(9-11-29)14-17-2-6-21(24)22(25)12-17/h2-7,12-13H,8-11,14-15H2,1H3,(H,26,30). The molecule has 1 amide bonds. The average molecular weight is 410 g/mol. The summed E-state index contributed by atoms with van der Waals surface area (Å²) in [7, 11) is 0. The minimum absolute atomic E-state index is 0.0948. The molecule has 0 atom stereocenters. The molecule has 2 aromatic carbocycles. The molecule has 7 heteroatoms. The molecule has 0 unspecified atom stereocenters. The van der Waals surface area contributed by atoms with Crippen molar-refractivity contribution in [2.45, 2.75) is 20.0 Å². The molecule has 1 saturated heterocycles. The Labute approximate surface area is 174 Å². The molecule has 1 fully saturated rings. The lowest BCUT2D eigenvalue weighted by Crippen LogP contribution is -2.45. The molecule has 2 heterocycles. The number of rotatable bonds is 5. The number of carbonyl (C=O) groups is 1. The summed E-state index contributed by atoms with van der Waals surface area (Å²) in [5, 5.41) is 3.77. The van der Waals surface area contributed by atoms with E-state index < -0.39 is 11.6 Å². The number of carbonyl (C=O) groups excluding carboxylic acids is 1. The van der Waals surface area contributed by atoms with Crippen LogP contribution in [0.1, 0.15) is 18.2 Å². The second-order valence-electron chi connectivity index (χ2n) is 7.69. The van der Waals surface area contributed by atoms with E-state index in [0.717, 1.165) is 60.6 Å². The van der Waals surface area contributed by atoms with E-state index in [1.165, 1.54) is 19.1 Å². The zero-order valence-corrected chi connectivity index (χ0v) is 16.9. The summed E-state index contributed by atoms with van der Waals surface area (Å²) in [5.41, 5.74) is 3.46. The fourth-order valence-electron chi connectivity index (χ4n) is 3.77. The quantitative estimate of drug-likeness (QED) is 0.695. The Balaban J connectivity index is 1.33. The Bertz CT molecular complexity index is 1060. The lowest BCUT2D eigenvalue weighted by atomic mass is 10.1. The van der Waals surface area contributed by atoms with Crippen LogP contribution in [0.15, 0.2) is 48.5 Å². The highest BCUT2D eigenvalue weighted by atomic mass is 19.2. The van der Waals surface area contributed by atoms with Crippen molar-refractivity contribution in [2.24, 2.45) is 0 Å². The SMILES string of the molecule is CC(=O)Nc1ccc2nc(CN3CCN(Cc4ccc(F)c(F)c4)CC3)ccc2c1. The van der Waals surface area contributed by atoms with Crippen LogP contribution in [0.3, 0.4) is 0 Å². The number of amides is 1. The first-order chi connectivity index (χ1) is 14.5. The predicted molar refractivity (Wildman–Crippen MR) is 113 cm³/mol. The van der Waals surface area contributed by atoms with E-state index in [4.69, 9.17) is 4.98 Å². The van der Waals surface area contributed by atoms with Gasteiger partial charge in [0.25, 0.3) is 0 Å². The number of aromatic nitrogens is 1. The molecule has 156 valence electrons. The van der Waals surface area contributed by atoms with Crippen molar-refractivity contribution < 1.29 is 13.6 Å². The van der Waals surface area contributed by atoms with Gasteiger partial charge in [-0.2, -0.15) is 0 Å². The van der Waals surface area contributed by atoms with Gasteiger partial charge < -0.3 is 5.32 Å². The summed E-state index contributed by atoms with van der Waals surface area (Å²) in [4.78, 5) is 20.6. The molecule has 4 rings (SSSR count). The van der Waals surface area contributed by atoms with Crippen LogP contribution in [-0.4, -0.2) is 46.9 Å². The number of halogens is 2. The third kappa shape index (κ3) is 4.98. The van der Waals surface area contributed by atoms with Gasteiger partial charge in [0.2, 0.25) is 5.91 Å². The number of fused-ring (bicyclic) bond motifs is 1. The Morgan fingerprint density at radius 3 is 2.37 bits per heavy atom. The topological polar surface area (TPSA) is 48.5 Å². The number of hydrogen-bond donors (Lipinski definition) is 1. The predicted octanol–water partition coefficient (Wildman–Crippen LogP) is 3.79. The number of nitrogens with zero attached hydrogens (tertiary/aromatic N) is 3. The van der Waals surface area contributed by atoms with Crippen LogP contribution in [0, 0.1) is 11.6 Å². The molecule has 30 heavy (non-hydrogen) atoms. The fourth-order valence-corrected chi connectivity index (χ4v) is 3.77. The molecule has 0 radical (unpaired) electrons. The van der Waals surface area contributed by atoms with Gasteiger partial charge in [-0.25, -0.2) is 8.78 Å². The van der Waals surface area contributed by atoms with Gasteiger partial charge in [0.1, 0.15) is 0 Å². The van der Waals surface area contributed by atoms with Gasteiger partial charge in [-0.3, -0.25) is 19.6 Å². The lowest BCUT2D eigenvalue weighted by Gasteiger charge is -2.34. The van der Waals surface area contributed by atoms with Crippen molar-refractivity contribution in [3.8, 4) is 0 Å². The van der Waals surface area contributed by atoms with E-state index in [1.54, 1.807) is 6.07 Å². The normalized spacial score (nSPS) is 15.4. The first kappa shape index (κ1) is 20.4. The van der Waals surface area contributed by atoms with Gasteiger partial charge in [0.05, 0.1) is 11.2 Å². The summed E-state index contributed by atoms with van der Waals surface area (Å²) < 4.78 is 26.5. The summed E-state index contributed by atoms with van der Waals surface area (Å²) in [6.07, 6.45) is 0. The number of benzene rings is 2. The van der Waals surface area contributed by atoms with Gasteiger partial charge in [0, 0.05) is 57.3 Å². The zero-order valence-electron chi connectivity index (χ0n) is 16.9. The summed E-state index contributed by atoms with van der Waals surface area (Å²) in [6.45, 7) is 6.40. The summed E-state index contributed by atoms with van der Waals surface area (Å²) >= 11 is 0. The molecule has 1 aliphatic heterocycles. The molecular weight excluding hydrogens is 386 g/mol. The molecular formula is C23H24F2N4O. The maximum atomic E-state index is 13.4. The third-order valence-electron chi connectivity index (χ3n) is 5.31. The van der Waals surface area contributed by atoms with Crippen LogP contribution in [-0.2, 0) is 17.9 Å². The largest absolute Gasteiger partial charge is 0.326 e. The molecule has 1 N–H and O–H groups in total. The average Bonchev–Trinajstić information content (AvgIpc) is 2.72. The number of pyridine rings is 1. The van der Waals surface area contributed by atoms with Crippen molar-refractivity contribution in [3.05, 3.63) is 71.4 Å².